The van der Waals surface area contributed by atoms with Crippen molar-refractivity contribution in [2.24, 2.45) is 4.99 Å². The number of nitrogens with one attached hydrogen (secondary N) is 1. The molecule has 0 fully saturated rings. The predicted molar refractivity (Wildman–Crippen MR) is 69.9 cm³/mol. The zero-order chi connectivity index (χ0) is 12.0. The van der Waals surface area contributed by atoms with Crippen molar-refractivity contribution < 1.29 is 0 Å². The summed E-state index contributed by atoms with van der Waals surface area (Å²) in [6.45, 7) is 7.16. The van der Waals surface area contributed by atoms with Gasteiger partial charge in [0, 0.05) is 26.0 Å². The minimum atomic E-state index is 0.715. The SMILES string of the molecule is C=CCNC(=NC)N(C)Cc1csc(C)n1. The van der Waals surface area contributed by atoms with Crippen LogP contribution in [0.2, 0.25) is 0 Å². The van der Waals surface area contributed by atoms with Gasteiger partial charge in [0.05, 0.1) is 17.2 Å². The van der Waals surface area contributed by atoms with Crippen molar-refractivity contribution in [2.45, 2.75) is 13.5 Å². The second kappa shape index (κ2) is 6.27. The third-order valence-corrected chi connectivity index (χ3v) is 2.87. The van der Waals surface area contributed by atoms with E-state index in [1.54, 1.807) is 18.4 Å². The first-order valence-electron chi connectivity index (χ1n) is 5.11. The summed E-state index contributed by atoms with van der Waals surface area (Å²) in [5.41, 5.74) is 1.08. The molecule has 1 rings (SSSR count). The van der Waals surface area contributed by atoms with Crippen LogP contribution >= 0.6 is 11.3 Å². The van der Waals surface area contributed by atoms with Crippen LogP contribution in [-0.2, 0) is 6.54 Å². The van der Waals surface area contributed by atoms with Crippen LogP contribution in [0.4, 0.5) is 0 Å². The summed E-state index contributed by atoms with van der Waals surface area (Å²) in [5, 5.41) is 6.35. The highest BCUT2D eigenvalue weighted by molar-refractivity contribution is 7.09. The van der Waals surface area contributed by atoms with E-state index in [0.717, 1.165) is 23.2 Å². The number of thiazole rings is 1. The lowest BCUT2D eigenvalue weighted by atomic mass is 10.4. The Hall–Kier alpha value is -1.36. The lowest BCUT2D eigenvalue weighted by Gasteiger charge is -2.20. The molecule has 1 aromatic heterocycles. The average Bonchev–Trinajstić information content (AvgIpc) is 2.65. The first kappa shape index (κ1) is 12.7. The molecule has 1 aromatic rings. The van der Waals surface area contributed by atoms with Crippen LogP contribution in [0.25, 0.3) is 0 Å². The minimum Gasteiger partial charge on any atom is -0.353 e. The number of aryl methyl sites for hydroxylation is 1. The van der Waals surface area contributed by atoms with Crippen LogP contribution in [-0.4, -0.2) is 36.5 Å². The molecule has 5 heteroatoms. The third-order valence-electron chi connectivity index (χ3n) is 2.04. The monoisotopic (exact) mass is 238 g/mol. The molecule has 0 aliphatic heterocycles. The topological polar surface area (TPSA) is 40.5 Å². The van der Waals surface area contributed by atoms with Gasteiger partial charge in [-0.3, -0.25) is 4.99 Å². The second-order valence-electron chi connectivity index (χ2n) is 3.43. The van der Waals surface area contributed by atoms with Crippen molar-refractivity contribution in [3.63, 3.8) is 0 Å². The third kappa shape index (κ3) is 3.66. The molecule has 0 radical (unpaired) electrons. The van der Waals surface area contributed by atoms with Gasteiger partial charge >= 0.3 is 0 Å². The Labute approximate surface area is 101 Å². The van der Waals surface area contributed by atoms with Crippen LogP contribution in [0.5, 0.6) is 0 Å². The molecule has 0 aromatic carbocycles. The number of hydrogen-bond acceptors (Lipinski definition) is 3. The normalized spacial score (nSPS) is 11.3. The zero-order valence-corrected chi connectivity index (χ0v) is 10.8. The van der Waals surface area contributed by atoms with Gasteiger partial charge in [0.25, 0.3) is 0 Å². The Morgan fingerprint density at radius 2 is 2.50 bits per heavy atom. The standard InChI is InChI=1S/C11H18N4S/c1-5-6-13-11(12-3)15(4)7-10-8-16-9(2)14-10/h5,8H,1,6-7H2,2-4H3,(H,12,13). The van der Waals surface area contributed by atoms with Gasteiger partial charge in [0.1, 0.15) is 0 Å². The van der Waals surface area contributed by atoms with Gasteiger partial charge in [0.15, 0.2) is 5.96 Å². The average molecular weight is 238 g/mol. The van der Waals surface area contributed by atoms with Crippen molar-refractivity contribution in [1.29, 1.82) is 0 Å². The van der Waals surface area contributed by atoms with Crippen molar-refractivity contribution in [1.82, 2.24) is 15.2 Å². The number of hydrogen-bond donors (Lipinski definition) is 1. The first-order chi connectivity index (χ1) is 7.67. The highest BCUT2D eigenvalue weighted by atomic mass is 32.1. The van der Waals surface area contributed by atoms with Crippen molar-refractivity contribution in [2.75, 3.05) is 20.6 Å². The molecule has 0 bridgehead atoms. The highest BCUT2D eigenvalue weighted by Crippen LogP contribution is 2.09. The first-order valence-corrected chi connectivity index (χ1v) is 5.99. The van der Waals surface area contributed by atoms with E-state index in [0.29, 0.717) is 6.54 Å². The highest BCUT2D eigenvalue weighted by Gasteiger charge is 2.07. The Kier molecular flexibility index (Phi) is 4.98. The van der Waals surface area contributed by atoms with E-state index in [1.807, 2.05) is 24.9 Å². The van der Waals surface area contributed by atoms with E-state index in [4.69, 9.17) is 0 Å². The lowest BCUT2D eigenvalue weighted by molar-refractivity contribution is 0.474. The Morgan fingerprint density at radius 3 is 3.00 bits per heavy atom. The lowest BCUT2D eigenvalue weighted by Crippen LogP contribution is -2.38. The summed E-state index contributed by atoms with van der Waals surface area (Å²) in [4.78, 5) is 10.6. The number of rotatable bonds is 4. The molecule has 1 heterocycles. The molecular formula is C11H18N4S. The number of guanidine groups is 1. The van der Waals surface area contributed by atoms with Gasteiger partial charge in [-0.1, -0.05) is 6.08 Å². The molecule has 0 unspecified atom stereocenters. The molecule has 0 atom stereocenters. The molecule has 0 aliphatic carbocycles. The largest absolute Gasteiger partial charge is 0.353 e. The van der Waals surface area contributed by atoms with Crippen molar-refractivity contribution in [3.05, 3.63) is 28.7 Å². The van der Waals surface area contributed by atoms with Gasteiger partial charge in [-0.05, 0) is 6.92 Å². The fourth-order valence-electron chi connectivity index (χ4n) is 1.35. The van der Waals surface area contributed by atoms with Crippen molar-refractivity contribution in [3.8, 4) is 0 Å². The second-order valence-corrected chi connectivity index (χ2v) is 4.49. The molecule has 0 aliphatic rings. The predicted octanol–water partition coefficient (Wildman–Crippen LogP) is 1.64. The molecule has 0 amide bonds. The van der Waals surface area contributed by atoms with Gasteiger partial charge in [-0.15, -0.1) is 17.9 Å². The fraction of sp³-hybridized carbons (Fsp3) is 0.455. The van der Waals surface area contributed by atoms with Crippen LogP contribution in [0, 0.1) is 6.92 Å². The van der Waals surface area contributed by atoms with E-state index in [-0.39, 0.29) is 0 Å². The Balaban J connectivity index is 2.55. The van der Waals surface area contributed by atoms with Gasteiger partial charge in [0.2, 0.25) is 0 Å². The van der Waals surface area contributed by atoms with Gasteiger partial charge < -0.3 is 10.2 Å². The molecule has 16 heavy (non-hydrogen) atoms. The molecule has 1 N–H and O–H groups in total. The summed E-state index contributed by atoms with van der Waals surface area (Å²) in [7, 11) is 3.77. The molecule has 0 saturated heterocycles. The number of aromatic nitrogens is 1. The van der Waals surface area contributed by atoms with Gasteiger partial charge in [-0.2, -0.15) is 0 Å². The fourth-order valence-corrected chi connectivity index (χ4v) is 1.95. The van der Waals surface area contributed by atoms with Gasteiger partial charge in [-0.25, -0.2) is 4.98 Å². The quantitative estimate of drug-likeness (QED) is 0.492. The van der Waals surface area contributed by atoms with E-state index in [9.17, 15) is 0 Å². The summed E-state index contributed by atoms with van der Waals surface area (Å²) >= 11 is 1.67. The Morgan fingerprint density at radius 1 is 1.75 bits per heavy atom. The molecule has 0 saturated carbocycles. The minimum absolute atomic E-state index is 0.715. The van der Waals surface area contributed by atoms with E-state index in [1.165, 1.54) is 0 Å². The van der Waals surface area contributed by atoms with E-state index in [2.05, 4.69) is 27.3 Å². The van der Waals surface area contributed by atoms with Crippen LogP contribution in [0.15, 0.2) is 23.0 Å². The molecule has 88 valence electrons. The summed E-state index contributed by atoms with van der Waals surface area (Å²) < 4.78 is 0. The maximum Gasteiger partial charge on any atom is 0.193 e. The van der Waals surface area contributed by atoms with Crippen molar-refractivity contribution >= 4 is 17.3 Å². The van der Waals surface area contributed by atoms with Crippen LogP contribution in [0.1, 0.15) is 10.7 Å². The van der Waals surface area contributed by atoms with Crippen LogP contribution < -0.4 is 5.32 Å². The number of aliphatic imine (C=N–C) groups is 1. The molecule has 4 nitrogen and oxygen atoms in total. The zero-order valence-electron chi connectivity index (χ0n) is 10.0. The maximum absolute atomic E-state index is 4.42. The summed E-state index contributed by atoms with van der Waals surface area (Å²) in [5.74, 6) is 0.852. The summed E-state index contributed by atoms with van der Waals surface area (Å²) in [6, 6.07) is 0. The molecular weight excluding hydrogens is 220 g/mol. The molecule has 0 spiro atoms. The smallest absolute Gasteiger partial charge is 0.193 e. The Bertz CT molecular complexity index is 370. The maximum atomic E-state index is 4.42. The van der Waals surface area contributed by atoms with E-state index >= 15 is 0 Å². The number of nitrogens with zero attached hydrogens (tertiary/aromatic N) is 3. The van der Waals surface area contributed by atoms with Crippen LogP contribution in [0.3, 0.4) is 0 Å². The van der Waals surface area contributed by atoms with E-state index < -0.39 is 0 Å². The summed E-state index contributed by atoms with van der Waals surface area (Å²) in [6.07, 6.45) is 1.81.